The van der Waals surface area contributed by atoms with Crippen molar-refractivity contribution in [3.05, 3.63) is 11.6 Å². The molecular formula is C20H30O6. The molecule has 10 atom stereocenters. The first-order chi connectivity index (χ1) is 11.9. The minimum Gasteiger partial charge on any atom is -0.392 e. The number of fused-ring (bicyclic) bond motifs is 1. The molecule has 6 heteroatoms. The zero-order valence-corrected chi connectivity index (χ0v) is 16.0. The van der Waals surface area contributed by atoms with Crippen molar-refractivity contribution in [2.45, 2.75) is 76.7 Å². The van der Waals surface area contributed by atoms with Gasteiger partial charge in [0.05, 0.1) is 18.3 Å². The molecule has 1 heterocycles. The van der Waals surface area contributed by atoms with Gasteiger partial charge in [0.2, 0.25) is 0 Å². The Kier molecular flexibility index (Phi) is 3.69. The fourth-order valence-corrected chi connectivity index (χ4v) is 6.07. The fourth-order valence-electron chi connectivity index (χ4n) is 6.07. The number of Topliss-reactive ketones (excluding diaryl/α,β-unsaturated/α-hetero) is 1. The van der Waals surface area contributed by atoms with Gasteiger partial charge in [0, 0.05) is 5.92 Å². The van der Waals surface area contributed by atoms with Crippen LogP contribution in [0, 0.1) is 29.1 Å². The van der Waals surface area contributed by atoms with E-state index in [9.17, 15) is 25.2 Å². The van der Waals surface area contributed by atoms with Crippen molar-refractivity contribution in [3.8, 4) is 0 Å². The number of aliphatic hydroxyl groups excluding tert-OH is 4. The van der Waals surface area contributed by atoms with E-state index in [-0.39, 0.29) is 29.0 Å². The van der Waals surface area contributed by atoms with E-state index in [0.29, 0.717) is 12.0 Å². The van der Waals surface area contributed by atoms with Gasteiger partial charge in [0.15, 0.2) is 17.0 Å². The summed E-state index contributed by atoms with van der Waals surface area (Å²) in [6.45, 7) is 9.16. The van der Waals surface area contributed by atoms with Gasteiger partial charge in [0.1, 0.15) is 6.10 Å². The van der Waals surface area contributed by atoms with Crippen LogP contribution in [-0.2, 0) is 9.53 Å². The third-order valence-electron chi connectivity index (χ3n) is 7.81. The number of carbonyl (C=O) groups is 1. The van der Waals surface area contributed by atoms with Crippen LogP contribution >= 0.6 is 0 Å². The quantitative estimate of drug-likeness (QED) is 0.365. The van der Waals surface area contributed by atoms with E-state index >= 15 is 0 Å². The van der Waals surface area contributed by atoms with Crippen molar-refractivity contribution in [2.75, 3.05) is 0 Å². The van der Waals surface area contributed by atoms with Crippen molar-refractivity contribution in [1.82, 2.24) is 0 Å². The van der Waals surface area contributed by atoms with Crippen molar-refractivity contribution in [1.29, 1.82) is 0 Å². The van der Waals surface area contributed by atoms with Crippen molar-refractivity contribution in [3.63, 3.8) is 0 Å². The summed E-state index contributed by atoms with van der Waals surface area (Å²) >= 11 is 0. The molecule has 4 N–H and O–H groups in total. The highest BCUT2D eigenvalue weighted by molar-refractivity contribution is 5.95. The molecule has 6 nitrogen and oxygen atoms in total. The second-order valence-electron chi connectivity index (χ2n) is 9.69. The second-order valence-corrected chi connectivity index (χ2v) is 9.69. The molecular weight excluding hydrogens is 336 g/mol. The molecule has 1 aliphatic heterocycles. The lowest BCUT2D eigenvalue weighted by Crippen LogP contribution is -2.41. The van der Waals surface area contributed by atoms with E-state index in [2.05, 4.69) is 0 Å². The molecule has 3 fully saturated rings. The van der Waals surface area contributed by atoms with Crippen LogP contribution in [0.2, 0.25) is 0 Å². The maximum Gasteiger partial charge on any atom is 0.173 e. The van der Waals surface area contributed by atoms with Crippen LogP contribution < -0.4 is 0 Å². The van der Waals surface area contributed by atoms with E-state index in [4.69, 9.17) is 4.74 Å². The summed E-state index contributed by atoms with van der Waals surface area (Å²) in [4.78, 5) is 13.3. The molecule has 2 saturated carbocycles. The Labute approximate surface area is 153 Å². The number of hydrogen-bond donors (Lipinski definition) is 4. The summed E-state index contributed by atoms with van der Waals surface area (Å²) in [5, 5.41) is 43.0. The molecule has 0 radical (unpaired) electrons. The predicted molar refractivity (Wildman–Crippen MR) is 93.0 cm³/mol. The number of ether oxygens (including phenoxy) is 1. The lowest BCUT2D eigenvalue weighted by atomic mass is 9.81. The van der Waals surface area contributed by atoms with Crippen LogP contribution in [0.3, 0.4) is 0 Å². The number of epoxide rings is 1. The molecule has 0 bridgehead atoms. The molecule has 26 heavy (non-hydrogen) atoms. The van der Waals surface area contributed by atoms with Gasteiger partial charge in [-0.25, -0.2) is 0 Å². The Bertz CT molecular complexity index is 686. The Hall–Kier alpha value is -0.790. The SMILES string of the molecule is CC1=C[C@@]23O[C@@]2(C[C@H](C)[C@@H]3O)C(=O)[C@H](C)[C@H](O)C2C([C@H](O)[C@@H]1O)C2(C)C. The summed E-state index contributed by atoms with van der Waals surface area (Å²) in [5.74, 6) is -1.55. The van der Waals surface area contributed by atoms with Gasteiger partial charge < -0.3 is 25.2 Å². The average Bonchev–Trinajstić information content (AvgIpc) is 3.37. The second kappa shape index (κ2) is 5.17. The maximum atomic E-state index is 13.3. The molecule has 4 rings (SSSR count). The van der Waals surface area contributed by atoms with Gasteiger partial charge in [-0.3, -0.25) is 4.79 Å². The minimum absolute atomic E-state index is 0.129. The predicted octanol–water partition coefficient (Wildman–Crippen LogP) is 0.415. The first-order valence-electron chi connectivity index (χ1n) is 9.58. The summed E-state index contributed by atoms with van der Waals surface area (Å²) < 4.78 is 5.89. The molecule has 2 unspecified atom stereocenters. The van der Waals surface area contributed by atoms with Crippen LogP contribution in [0.5, 0.6) is 0 Å². The first kappa shape index (κ1) is 18.6. The van der Waals surface area contributed by atoms with E-state index < -0.39 is 41.5 Å². The van der Waals surface area contributed by atoms with E-state index in [1.54, 1.807) is 19.9 Å². The third kappa shape index (κ3) is 1.97. The molecule has 0 amide bonds. The van der Waals surface area contributed by atoms with Crippen LogP contribution in [0.1, 0.15) is 41.0 Å². The minimum atomic E-state index is -1.16. The summed E-state index contributed by atoms with van der Waals surface area (Å²) in [7, 11) is 0. The zero-order valence-electron chi connectivity index (χ0n) is 16.0. The number of ketones is 1. The lowest BCUT2D eigenvalue weighted by Gasteiger charge is -2.23. The highest BCUT2D eigenvalue weighted by Crippen LogP contribution is 2.67. The Morgan fingerprint density at radius 1 is 1.08 bits per heavy atom. The van der Waals surface area contributed by atoms with Crippen LogP contribution in [0.25, 0.3) is 0 Å². The van der Waals surface area contributed by atoms with Crippen molar-refractivity contribution in [2.24, 2.45) is 29.1 Å². The highest BCUT2D eigenvalue weighted by Gasteiger charge is 2.82. The smallest absolute Gasteiger partial charge is 0.173 e. The third-order valence-corrected chi connectivity index (χ3v) is 7.81. The zero-order chi connectivity index (χ0) is 19.4. The summed E-state index contributed by atoms with van der Waals surface area (Å²) in [5.41, 5.74) is -2.18. The van der Waals surface area contributed by atoms with Gasteiger partial charge in [-0.05, 0) is 48.2 Å². The molecule has 0 spiro atoms. The van der Waals surface area contributed by atoms with E-state index in [0.717, 1.165) is 0 Å². The molecule has 0 aromatic carbocycles. The van der Waals surface area contributed by atoms with E-state index in [1.807, 2.05) is 20.8 Å². The molecule has 0 aromatic heterocycles. The summed E-state index contributed by atoms with van der Waals surface area (Å²) in [6.07, 6.45) is -1.92. The van der Waals surface area contributed by atoms with Crippen LogP contribution in [-0.4, -0.2) is 61.8 Å². The fraction of sp³-hybridized carbons (Fsp3) is 0.850. The Balaban J connectivity index is 1.82. The Morgan fingerprint density at radius 2 is 1.65 bits per heavy atom. The van der Waals surface area contributed by atoms with Gasteiger partial charge in [-0.1, -0.05) is 27.7 Å². The van der Waals surface area contributed by atoms with Crippen LogP contribution in [0.4, 0.5) is 0 Å². The molecule has 3 aliphatic carbocycles. The molecule has 4 aliphatic rings. The lowest BCUT2D eigenvalue weighted by molar-refractivity contribution is -0.132. The number of hydrogen-bond acceptors (Lipinski definition) is 6. The standard InChI is InChI=1S/C20H30O6/c1-8-6-19-16(24)9(2)7-20(19,26-19)17(25)10(3)14(22)11-12(18(11,4)5)15(23)13(8)21/h6,9-16,21-24H,7H2,1-5H3/t9-,10+,11?,12?,13+,14-,15-,16-,19-,20-/m0/s1. The van der Waals surface area contributed by atoms with Crippen molar-refractivity contribution < 1.29 is 30.0 Å². The molecule has 1 saturated heterocycles. The van der Waals surface area contributed by atoms with Crippen molar-refractivity contribution >= 4 is 5.78 Å². The summed E-state index contributed by atoms with van der Waals surface area (Å²) in [6, 6.07) is 0. The highest BCUT2D eigenvalue weighted by atomic mass is 16.7. The molecule has 0 aromatic rings. The Morgan fingerprint density at radius 3 is 2.27 bits per heavy atom. The maximum absolute atomic E-state index is 13.3. The number of carbonyl (C=O) groups excluding carboxylic acids is 1. The monoisotopic (exact) mass is 366 g/mol. The average molecular weight is 366 g/mol. The van der Waals surface area contributed by atoms with Gasteiger partial charge in [0.25, 0.3) is 0 Å². The first-order valence-corrected chi connectivity index (χ1v) is 9.58. The van der Waals surface area contributed by atoms with Crippen LogP contribution in [0.15, 0.2) is 11.6 Å². The van der Waals surface area contributed by atoms with Gasteiger partial charge in [-0.2, -0.15) is 0 Å². The molecule has 146 valence electrons. The van der Waals surface area contributed by atoms with Gasteiger partial charge >= 0.3 is 0 Å². The largest absolute Gasteiger partial charge is 0.392 e. The number of rotatable bonds is 0. The number of aliphatic hydroxyl groups is 4. The normalized spacial score (nSPS) is 58.0. The van der Waals surface area contributed by atoms with E-state index in [1.165, 1.54) is 0 Å². The topological polar surface area (TPSA) is 111 Å². The van der Waals surface area contributed by atoms with Gasteiger partial charge in [-0.15, -0.1) is 0 Å².